The molecule has 1 heterocycles. The van der Waals surface area contributed by atoms with Gasteiger partial charge < -0.3 is 15.3 Å². The molecule has 3 rings (SSSR count). The van der Waals surface area contributed by atoms with Crippen LogP contribution in [0.2, 0.25) is 0 Å². The van der Waals surface area contributed by atoms with Gasteiger partial charge in [-0.3, -0.25) is 4.79 Å². The van der Waals surface area contributed by atoms with Crippen LogP contribution in [0.5, 0.6) is 5.75 Å². The van der Waals surface area contributed by atoms with Gasteiger partial charge in [0.2, 0.25) is 0 Å². The molecule has 5 heteroatoms. The highest BCUT2D eigenvalue weighted by Crippen LogP contribution is 2.32. The first-order chi connectivity index (χ1) is 10.1. The number of hydrogen-bond acceptors (Lipinski definition) is 3. The van der Waals surface area contributed by atoms with Crippen LogP contribution in [0.25, 0.3) is 0 Å². The number of benzene rings is 1. The summed E-state index contributed by atoms with van der Waals surface area (Å²) in [6.07, 6.45) is 4.50. The van der Waals surface area contributed by atoms with Crippen molar-refractivity contribution in [2.24, 2.45) is 5.92 Å². The van der Waals surface area contributed by atoms with Crippen molar-refractivity contribution in [2.75, 3.05) is 19.6 Å². The lowest BCUT2D eigenvalue weighted by molar-refractivity contribution is 0.0701. The molecule has 0 atom stereocenters. The zero-order valence-corrected chi connectivity index (χ0v) is 13.6. The third-order valence-electron chi connectivity index (χ3n) is 4.36. The predicted octanol–water partition coefficient (Wildman–Crippen LogP) is 2.76. The average molecular weight is 353 g/mol. The molecule has 0 aromatic heterocycles. The fraction of sp³-hybridized carbons (Fsp3) is 0.562. The topological polar surface area (TPSA) is 52.6 Å². The molecule has 2 aliphatic rings. The van der Waals surface area contributed by atoms with Gasteiger partial charge in [0, 0.05) is 18.2 Å². The zero-order chi connectivity index (χ0) is 14.8. The van der Waals surface area contributed by atoms with Crippen LogP contribution in [0.3, 0.4) is 0 Å². The lowest BCUT2D eigenvalue weighted by atomic mass is 9.97. The summed E-state index contributed by atoms with van der Waals surface area (Å²) in [5, 5.41) is 13.1. The van der Waals surface area contributed by atoms with Crippen LogP contribution < -0.4 is 5.32 Å². The Morgan fingerprint density at radius 2 is 2.00 bits per heavy atom. The first-order valence-corrected chi connectivity index (χ1v) is 8.44. The second kappa shape index (κ2) is 6.36. The molecule has 0 unspecified atom stereocenters. The van der Waals surface area contributed by atoms with Crippen molar-refractivity contribution in [3.05, 3.63) is 28.2 Å². The highest BCUT2D eigenvalue weighted by Gasteiger charge is 2.34. The quantitative estimate of drug-likeness (QED) is 0.875. The summed E-state index contributed by atoms with van der Waals surface area (Å²) in [7, 11) is 0. The first-order valence-electron chi connectivity index (χ1n) is 7.65. The summed E-state index contributed by atoms with van der Waals surface area (Å²) >= 11 is 3.25. The number of nitrogens with zero attached hydrogens (tertiary/aromatic N) is 1. The number of carbonyl (C=O) groups is 1. The summed E-state index contributed by atoms with van der Waals surface area (Å²) in [6.45, 7) is 2.95. The van der Waals surface area contributed by atoms with Gasteiger partial charge in [0.05, 0.1) is 4.47 Å². The standard InChI is InChI=1S/C16H21BrN2O2/c17-14-4-1-12(9-15(14)20)16(21)19(13-2-3-13)10-11-5-7-18-8-6-11/h1,4,9,11,13,18,20H,2-3,5-8,10H2. The second-order valence-corrected chi connectivity index (χ2v) is 6.90. The van der Waals surface area contributed by atoms with Gasteiger partial charge in [0.15, 0.2) is 0 Å². The summed E-state index contributed by atoms with van der Waals surface area (Å²) in [5.74, 6) is 0.775. The zero-order valence-electron chi connectivity index (χ0n) is 12.0. The SMILES string of the molecule is O=C(c1ccc(Br)c(O)c1)N(CC1CCNCC1)C1CC1. The van der Waals surface area contributed by atoms with Crippen LogP contribution in [-0.4, -0.2) is 41.6 Å². The Balaban J connectivity index is 1.73. The van der Waals surface area contributed by atoms with Crippen LogP contribution in [0.15, 0.2) is 22.7 Å². The van der Waals surface area contributed by atoms with Crippen LogP contribution in [0.1, 0.15) is 36.0 Å². The molecule has 21 heavy (non-hydrogen) atoms. The van der Waals surface area contributed by atoms with Crippen molar-refractivity contribution in [3.63, 3.8) is 0 Å². The Labute approximate surface area is 133 Å². The van der Waals surface area contributed by atoms with Gasteiger partial charge in [0.25, 0.3) is 5.91 Å². The Bertz CT molecular complexity index is 525. The number of carbonyl (C=O) groups excluding carboxylic acids is 1. The number of rotatable bonds is 4. The highest BCUT2D eigenvalue weighted by atomic mass is 79.9. The lowest BCUT2D eigenvalue weighted by Crippen LogP contribution is -2.40. The summed E-state index contributed by atoms with van der Waals surface area (Å²) in [5.41, 5.74) is 0.580. The number of nitrogens with one attached hydrogen (secondary N) is 1. The number of hydrogen-bond donors (Lipinski definition) is 2. The molecule has 0 spiro atoms. The second-order valence-electron chi connectivity index (χ2n) is 6.05. The van der Waals surface area contributed by atoms with E-state index in [1.54, 1.807) is 18.2 Å². The number of amides is 1. The van der Waals surface area contributed by atoms with Gasteiger partial charge in [0.1, 0.15) is 5.75 Å². The monoisotopic (exact) mass is 352 g/mol. The molecule has 4 nitrogen and oxygen atoms in total. The van der Waals surface area contributed by atoms with E-state index in [-0.39, 0.29) is 11.7 Å². The first kappa shape index (κ1) is 14.9. The lowest BCUT2D eigenvalue weighted by Gasteiger charge is -2.30. The number of phenols is 1. The molecule has 0 radical (unpaired) electrons. The fourth-order valence-electron chi connectivity index (χ4n) is 2.94. The molecule has 1 aromatic rings. The predicted molar refractivity (Wildman–Crippen MR) is 85.5 cm³/mol. The van der Waals surface area contributed by atoms with Gasteiger partial charge >= 0.3 is 0 Å². The summed E-state index contributed by atoms with van der Waals surface area (Å²) in [4.78, 5) is 14.8. The smallest absolute Gasteiger partial charge is 0.254 e. The molecular formula is C16H21BrN2O2. The Kier molecular flexibility index (Phi) is 4.50. The molecule has 1 aromatic carbocycles. The molecule has 1 aliphatic carbocycles. The Hall–Kier alpha value is -1.07. The van der Waals surface area contributed by atoms with Gasteiger partial charge in [-0.1, -0.05) is 0 Å². The maximum Gasteiger partial charge on any atom is 0.254 e. The van der Waals surface area contributed by atoms with E-state index >= 15 is 0 Å². The molecule has 1 aliphatic heterocycles. The van der Waals surface area contributed by atoms with Gasteiger partial charge in [-0.15, -0.1) is 0 Å². The van der Waals surface area contributed by atoms with Crippen molar-refractivity contribution >= 4 is 21.8 Å². The van der Waals surface area contributed by atoms with Crippen molar-refractivity contribution in [1.82, 2.24) is 10.2 Å². The van der Waals surface area contributed by atoms with Crippen LogP contribution >= 0.6 is 15.9 Å². The number of halogens is 1. The molecule has 2 N–H and O–H groups in total. The van der Waals surface area contributed by atoms with Crippen molar-refractivity contribution < 1.29 is 9.90 Å². The van der Waals surface area contributed by atoms with E-state index in [2.05, 4.69) is 21.2 Å². The Morgan fingerprint density at radius 3 is 2.62 bits per heavy atom. The van der Waals surface area contributed by atoms with Crippen LogP contribution in [-0.2, 0) is 0 Å². The van der Waals surface area contributed by atoms with Gasteiger partial charge in [-0.05, 0) is 78.8 Å². The van der Waals surface area contributed by atoms with E-state index in [0.29, 0.717) is 22.0 Å². The number of piperidine rings is 1. The fourth-order valence-corrected chi connectivity index (χ4v) is 3.18. The normalized spacial score (nSPS) is 19.5. The molecule has 1 amide bonds. The minimum Gasteiger partial charge on any atom is -0.507 e. The maximum absolute atomic E-state index is 12.7. The van der Waals surface area contributed by atoms with Crippen LogP contribution in [0, 0.1) is 5.92 Å². The molecule has 1 saturated heterocycles. The van der Waals surface area contributed by atoms with E-state index in [9.17, 15) is 9.90 Å². The minimum atomic E-state index is 0.0545. The van der Waals surface area contributed by atoms with E-state index < -0.39 is 0 Å². The van der Waals surface area contributed by atoms with Crippen molar-refractivity contribution in [1.29, 1.82) is 0 Å². The Morgan fingerprint density at radius 1 is 1.29 bits per heavy atom. The average Bonchev–Trinajstić information content (AvgIpc) is 3.33. The van der Waals surface area contributed by atoms with E-state index in [4.69, 9.17) is 0 Å². The molecular weight excluding hydrogens is 332 g/mol. The van der Waals surface area contributed by atoms with E-state index in [1.807, 2.05) is 4.90 Å². The molecule has 114 valence electrons. The molecule has 0 bridgehead atoms. The summed E-state index contributed by atoms with van der Waals surface area (Å²) < 4.78 is 0.621. The number of aromatic hydroxyl groups is 1. The van der Waals surface area contributed by atoms with Gasteiger partial charge in [-0.2, -0.15) is 0 Å². The maximum atomic E-state index is 12.7. The van der Waals surface area contributed by atoms with Gasteiger partial charge in [-0.25, -0.2) is 0 Å². The molecule has 2 fully saturated rings. The van der Waals surface area contributed by atoms with E-state index in [0.717, 1.165) is 45.3 Å². The molecule has 1 saturated carbocycles. The largest absolute Gasteiger partial charge is 0.507 e. The number of phenolic OH excluding ortho intramolecular Hbond substituents is 1. The van der Waals surface area contributed by atoms with Crippen LogP contribution in [0.4, 0.5) is 0 Å². The van der Waals surface area contributed by atoms with Crippen molar-refractivity contribution in [2.45, 2.75) is 31.7 Å². The van der Waals surface area contributed by atoms with E-state index in [1.165, 1.54) is 0 Å². The summed E-state index contributed by atoms with van der Waals surface area (Å²) in [6, 6.07) is 5.48. The third kappa shape index (κ3) is 3.58. The highest BCUT2D eigenvalue weighted by molar-refractivity contribution is 9.10. The third-order valence-corrected chi connectivity index (χ3v) is 5.03. The minimum absolute atomic E-state index is 0.0545. The van der Waals surface area contributed by atoms with Crippen molar-refractivity contribution in [3.8, 4) is 5.75 Å².